The maximum Gasteiger partial charge on any atom is 0.347 e. The van der Waals surface area contributed by atoms with Gasteiger partial charge in [-0.25, -0.2) is 4.79 Å². The lowest BCUT2D eigenvalue weighted by molar-refractivity contribution is 0.355. The Bertz CT molecular complexity index is 1220. The van der Waals surface area contributed by atoms with Crippen molar-refractivity contribution in [2.24, 2.45) is 0 Å². The fraction of sp³-hybridized carbons (Fsp3) is 0.0870. The predicted molar refractivity (Wildman–Crippen MR) is 115 cm³/mol. The van der Waals surface area contributed by atoms with E-state index in [1.165, 1.54) is 14.2 Å². The lowest BCUT2D eigenvalue weighted by Gasteiger charge is -2.19. The minimum atomic E-state index is -3.44. The third-order valence-electron chi connectivity index (χ3n) is 4.80. The molecule has 1 heterocycles. The molecular weight excluding hydrogens is 387 g/mol. The Balaban J connectivity index is 2.04. The van der Waals surface area contributed by atoms with Crippen molar-refractivity contribution in [1.29, 1.82) is 0 Å². The van der Waals surface area contributed by atoms with Crippen LogP contribution in [0.4, 0.5) is 0 Å². The van der Waals surface area contributed by atoms with E-state index in [2.05, 4.69) is 0 Å². The van der Waals surface area contributed by atoms with Crippen molar-refractivity contribution in [3.05, 3.63) is 89.3 Å². The highest BCUT2D eigenvalue weighted by molar-refractivity contribution is 7.85. The number of hydrogen-bond acceptors (Lipinski definition) is 5. The SMILES string of the molecule is COc1cc2cc(P(=O)(c3ccccc3)c3ccccc3)c(=O)oc2cc1OC. The second-order valence-corrected chi connectivity index (χ2v) is 9.18. The highest BCUT2D eigenvalue weighted by atomic mass is 31.2. The Hall–Kier alpha value is -3.30. The molecule has 6 heteroatoms. The molecule has 1 aromatic heterocycles. The number of fused-ring (bicyclic) bond motifs is 1. The van der Waals surface area contributed by atoms with Crippen LogP contribution in [0.15, 0.2) is 88.1 Å². The Kier molecular flexibility index (Phi) is 4.99. The van der Waals surface area contributed by atoms with Gasteiger partial charge in [0.1, 0.15) is 10.9 Å². The van der Waals surface area contributed by atoms with Crippen LogP contribution in [0.3, 0.4) is 0 Å². The molecule has 3 aromatic carbocycles. The molecule has 0 unspecified atom stereocenters. The van der Waals surface area contributed by atoms with Crippen LogP contribution in [-0.2, 0) is 4.57 Å². The largest absolute Gasteiger partial charge is 0.493 e. The Morgan fingerprint density at radius 3 is 1.79 bits per heavy atom. The van der Waals surface area contributed by atoms with E-state index >= 15 is 0 Å². The summed E-state index contributed by atoms with van der Waals surface area (Å²) in [5.41, 5.74) is -0.301. The van der Waals surface area contributed by atoms with Crippen LogP contribution >= 0.6 is 7.14 Å². The van der Waals surface area contributed by atoms with Crippen LogP contribution in [0.25, 0.3) is 11.0 Å². The van der Waals surface area contributed by atoms with Crippen molar-refractivity contribution in [2.45, 2.75) is 0 Å². The summed E-state index contributed by atoms with van der Waals surface area (Å²) in [6.07, 6.45) is 0. The van der Waals surface area contributed by atoms with Crippen molar-refractivity contribution in [3.63, 3.8) is 0 Å². The number of ether oxygens (including phenoxy) is 2. The molecule has 4 rings (SSSR count). The first kappa shape index (κ1) is 19.0. The van der Waals surface area contributed by atoms with Gasteiger partial charge in [0.15, 0.2) is 18.6 Å². The molecule has 0 aliphatic rings. The molecule has 0 N–H and O–H groups in total. The maximum atomic E-state index is 14.4. The first-order valence-electron chi connectivity index (χ1n) is 8.99. The van der Waals surface area contributed by atoms with Gasteiger partial charge < -0.3 is 18.5 Å². The molecule has 0 spiro atoms. The average molecular weight is 406 g/mol. The second kappa shape index (κ2) is 7.61. The van der Waals surface area contributed by atoms with Gasteiger partial charge in [0.2, 0.25) is 0 Å². The van der Waals surface area contributed by atoms with Gasteiger partial charge in [-0.15, -0.1) is 0 Å². The number of benzene rings is 3. The molecule has 4 aromatic rings. The third kappa shape index (κ3) is 3.24. The third-order valence-corrected chi connectivity index (χ3v) is 7.84. The molecule has 0 saturated carbocycles. The molecule has 0 bridgehead atoms. The van der Waals surface area contributed by atoms with Crippen LogP contribution in [0, 0.1) is 0 Å². The molecule has 0 aliphatic carbocycles. The molecule has 0 saturated heterocycles. The number of rotatable bonds is 5. The fourth-order valence-electron chi connectivity index (χ4n) is 3.36. The molecule has 0 fully saturated rings. The normalized spacial score (nSPS) is 11.4. The van der Waals surface area contributed by atoms with Crippen LogP contribution in [0.1, 0.15) is 0 Å². The van der Waals surface area contributed by atoms with E-state index in [0.717, 1.165) is 0 Å². The zero-order chi connectivity index (χ0) is 20.4. The number of methoxy groups -OCH3 is 2. The summed E-state index contributed by atoms with van der Waals surface area (Å²) in [5, 5.41) is 1.86. The van der Waals surface area contributed by atoms with Gasteiger partial charge in [0.05, 0.1) is 14.2 Å². The molecule has 0 radical (unpaired) electrons. The first-order chi connectivity index (χ1) is 14.1. The van der Waals surface area contributed by atoms with E-state index in [9.17, 15) is 9.36 Å². The second-order valence-electron chi connectivity index (χ2n) is 6.44. The van der Waals surface area contributed by atoms with Gasteiger partial charge in [0.25, 0.3) is 0 Å². The summed E-state index contributed by atoms with van der Waals surface area (Å²) < 4.78 is 30.6. The quantitative estimate of drug-likeness (QED) is 0.375. The van der Waals surface area contributed by atoms with E-state index in [0.29, 0.717) is 33.1 Å². The highest BCUT2D eigenvalue weighted by Gasteiger charge is 2.33. The maximum absolute atomic E-state index is 14.4. The van der Waals surface area contributed by atoms with E-state index in [-0.39, 0.29) is 5.30 Å². The van der Waals surface area contributed by atoms with Gasteiger partial charge in [0, 0.05) is 22.1 Å². The summed E-state index contributed by atoms with van der Waals surface area (Å²) >= 11 is 0. The van der Waals surface area contributed by atoms with Crippen LogP contribution < -0.4 is 31.0 Å². The summed E-state index contributed by atoms with van der Waals surface area (Å²) in [5.74, 6) is 0.944. The van der Waals surface area contributed by atoms with Crippen molar-refractivity contribution in [1.82, 2.24) is 0 Å². The van der Waals surface area contributed by atoms with E-state index in [1.54, 1.807) is 42.5 Å². The Morgan fingerprint density at radius 1 is 0.759 bits per heavy atom. The van der Waals surface area contributed by atoms with Gasteiger partial charge in [-0.3, -0.25) is 0 Å². The zero-order valence-electron chi connectivity index (χ0n) is 16.0. The Morgan fingerprint density at radius 2 is 1.28 bits per heavy atom. The number of hydrogen-bond donors (Lipinski definition) is 0. The zero-order valence-corrected chi connectivity index (χ0v) is 16.9. The van der Waals surface area contributed by atoms with Crippen molar-refractivity contribution in [3.8, 4) is 11.5 Å². The molecule has 146 valence electrons. The van der Waals surface area contributed by atoms with Crippen molar-refractivity contribution >= 4 is 34.0 Å². The van der Waals surface area contributed by atoms with Gasteiger partial charge in [-0.1, -0.05) is 60.7 Å². The minimum Gasteiger partial charge on any atom is -0.493 e. The molecule has 0 aliphatic heterocycles. The van der Waals surface area contributed by atoms with Crippen molar-refractivity contribution < 1.29 is 18.5 Å². The molecular formula is C23H19O5P. The van der Waals surface area contributed by atoms with E-state index in [4.69, 9.17) is 13.9 Å². The average Bonchev–Trinajstić information content (AvgIpc) is 2.78. The lowest BCUT2D eigenvalue weighted by Crippen LogP contribution is -2.33. The van der Waals surface area contributed by atoms with Crippen LogP contribution in [-0.4, -0.2) is 14.2 Å². The highest BCUT2D eigenvalue weighted by Crippen LogP contribution is 2.42. The molecule has 29 heavy (non-hydrogen) atoms. The molecule has 5 nitrogen and oxygen atoms in total. The van der Waals surface area contributed by atoms with E-state index in [1.807, 2.05) is 36.4 Å². The van der Waals surface area contributed by atoms with Crippen molar-refractivity contribution in [2.75, 3.05) is 14.2 Å². The lowest BCUT2D eigenvalue weighted by atomic mass is 10.2. The molecule has 0 amide bonds. The first-order valence-corrected chi connectivity index (χ1v) is 10.7. The van der Waals surface area contributed by atoms with Gasteiger partial charge in [-0.05, 0) is 12.1 Å². The van der Waals surface area contributed by atoms with Gasteiger partial charge >= 0.3 is 5.63 Å². The smallest absolute Gasteiger partial charge is 0.347 e. The summed E-state index contributed by atoms with van der Waals surface area (Å²) in [6, 6.07) is 22.9. The topological polar surface area (TPSA) is 65.7 Å². The minimum absolute atomic E-state index is 0.120. The summed E-state index contributed by atoms with van der Waals surface area (Å²) in [7, 11) is -0.400. The summed E-state index contributed by atoms with van der Waals surface area (Å²) in [4.78, 5) is 13.0. The van der Waals surface area contributed by atoms with Crippen LogP contribution in [0.2, 0.25) is 0 Å². The Labute approximate surface area is 167 Å². The van der Waals surface area contributed by atoms with Crippen LogP contribution in [0.5, 0.6) is 11.5 Å². The van der Waals surface area contributed by atoms with E-state index < -0.39 is 12.8 Å². The molecule has 0 atom stereocenters. The monoisotopic (exact) mass is 406 g/mol. The standard InChI is InChI=1S/C23H19O5P/c1-26-20-13-16-14-22(23(24)28-19(16)15-21(20)27-2)29(25,17-9-5-3-6-10-17)18-11-7-4-8-12-18/h3-15H,1-2H3. The summed E-state index contributed by atoms with van der Waals surface area (Å²) in [6.45, 7) is 0. The predicted octanol–water partition coefficient (Wildman–Crippen LogP) is 3.45. The fourth-order valence-corrected chi connectivity index (χ4v) is 6.02. The van der Waals surface area contributed by atoms with Gasteiger partial charge in [-0.2, -0.15) is 0 Å².